The Morgan fingerprint density at radius 2 is 0.847 bits per heavy atom. The van der Waals surface area contributed by atoms with E-state index in [9.17, 15) is 30.3 Å². The van der Waals surface area contributed by atoms with Crippen LogP contribution in [-0.4, -0.2) is 87.5 Å². The molecule has 0 bridgehead atoms. The highest BCUT2D eigenvalue weighted by molar-refractivity contribution is 5.76. The molecule has 1 fully saturated rings. The molecule has 0 aromatic heterocycles. The molecule has 0 saturated carbocycles. The lowest BCUT2D eigenvalue weighted by Crippen LogP contribution is -2.60. The summed E-state index contributed by atoms with van der Waals surface area (Å²) in [4.78, 5) is 12.8. The van der Waals surface area contributed by atoms with E-state index in [0.717, 1.165) is 51.4 Å². The molecule has 7 unspecified atom stereocenters. The largest absolute Gasteiger partial charge is 0.394 e. The molecule has 9 heteroatoms. The fourth-order valence-corrected chi connectivity index (χ4v) is 8.58. The first-order valence-corrected chi connectivity index (χ1v) is 25.7. The fourth-order valence-electron chi connectivity index (χ4n) is 8.58. The van der Waals surface area contributed by atoms with Gasteiger partial charge in [0.15, 0.2) is 6.29 Å². The molecule has 1 rings (SSSR count). The number of amides is 1. The van der Waals surface area contributed by atoms with Crippen LogP contribution in [0.5, 0.6) is 0 Å². The lowest BCUT2D eigenvalue weighted by molar-refractivity contribution is -0.302. The molecular weight excluding hydrogens is 743 g/mol. The van der Waals surface area contributed by atoms with Crippen molar-refractivity contribution in [2.45, 2.75) is 301 Å². The summed E-state index contributed by atoms with van der Waals surface area (Å²) in [6.45, 7) is 3.76. The molecule has 352 valence electrons. The van der Waals surface area contributed by atoms with Crippen LogP contribution in [0.4, 0.5) is 0 Å². The first kappa shape index (κ1) is 56.2. The maximum absolute atomic E-state index is 12.8. The molecule has 1 aliphatic rings. The minimum absolute atomic E-state index is 0.134. The zero-order valence-electron chi connectivity index (χ0n) is 38.8. The number of nitrogens with one attached hydrogen (secondary N) is 1. The van der Waals surface area contributed by atoms with E-state index in [0.29, 0.717) is 12.8 Å². The smallest absolute Gasteiger partial charge is 0.220 e. The Morgan fingerprint density at radius 1 is 0.508 bits per heavy atom. The minimum atomic E-state index is -1.55. The van der Waals surface area contributed by atoms with Crippen LogP contribution >= 0.6 is 0 Å². The summed E-state index contributed by atoms with van der Waals surface area (Å²) in [5.41, 5.74) is 0. The van der Waals surface area contributed by atoms with Crippen LogP contribution in [0.2, 0.25) is 0 Å². The van der Waals surface area contributed by atoms with Gasteiger partial charge in [0.2, 0.25) is 5.91 Å². The maximum Gasteiger partial charge on any atom is 0.220 e. The zero-order valence-corrected chi connectivity index (χ0v) is 38.8. The van der Waals surface area contributed by atoms with Gasteiger partial charge < -0.3 is 40.3 Å². The van der Waals surface area contributed by atoms with Gasteiger partial charge in [0.1, 0.15) is 24.4 Å². The van der Waals surface area contributed by atoms with E-state index >= 15 is 0 Å². The van der Waals surface area contributed by atoms with E-state index in [1.807, 2.05) is 0 Å². The molecule has 0 aromatic carbocycles. The monoisotopic (exact) mass is 842 g/mol. The molecule has 0 aromatic rings. The highest BCUT2D eigenvalue weighted by Gasteiger charge is 2.44. The van der Waals surface area contributed by atoms with Crippen LogP contribution in [0, 0.1) is 0 Å². The van der Waals surface area contributed by atoms with Gasteiger partial charge in [-0.2, -0.15) is 0 Å². The Labute approximate surface area is 364 Å². The van der Waals surface area contributed by atoms with Crippen LogP contribution in [-0.2, 0) is 14.3 Å². The molecule has 6 N–H and O–H groups in total. The van der Waals surface area contributed by atoms with Gasteiger partial charge in [0.25, 0.3) is 0 Å². The van der Waals surface area contributed by atoms with E-state index in [-0.39, 0.29) is 12.5 Å². The molecule has 0 aliphatic carbocycles. The van der Waals surface area contributed by atoms with Crippen molar-refractivity contribution in [3.8, 4) is 0 Å². The van der Waals surface area contributed by atoms with Gasteiger partial charge in [-0.05, 0) is 12.8 Å². The normalized spacial score (nSPS) is 20.6. The number of aliphatic hydroxyl groups is 5. The number of unbranched alkanes of at least 4 members (excludes halogenated alkanes) is 34. The van der Waals surface area contributed by atoms with Gasteiger partial charge in [-0.1, -0.05) is 239 Å². The summed E-state index contributed by atoms with van der Waals surface area (Å²) < 4.78 is 11.2. The summed E-state index contributed by atoms with van der Waals surface area (Å²) in [6, 6.07) is -0.709. The second-order valence-electron chi connectivity index (χ2n) is 18.3. The second-order valence-corrected chi connectivity index (χ2v) is 18.3. The lowest BCUT2D eigenvalue weighted by atomic mass is 9.99. The molecule has 1 saturated heterocycles. The molecule has 1 heterocycles. The first-order chi connectivity index (χ1) is 28.8. The summed E-state index contributed by atoms with van der Waals surface area (Å²) in [7, 11) is 0. The van der Waals surface area contributed by atoms with Crippen molar-refractivity contribution >= 4 is 5.91 Å². The number of ether oxygens (including phenoxy) is 2. The number of carbonyl (C=O) groups is 1. The van der Waals surface area contributed by atoms with Crippen molar-refractivity contribution in [2.24, 2.45) is 0 Å². The summed E-state index contributed by atoms with van der Waals surface area (Å²) in [6.07, 6.45) is 40.6. The molecule has 7 atom stereocenters. The Bertz CT molecular complexity index is 893. The van der Waals surface area contributed by atoms with Gasteiger partial charge in [-0.25, -0.2) is 0 Å². The Balaban J connectivity index is 2.02. The van der Waals surface area contributed by atoms with Gasteiger partial charge in [0, 0.05) is 6.42 Å². The molecule has 0 radical (unpaired) electrons. The van der Waals surface area contributed by atoms with Crippen molar-refractivity contribution in [3.05, 3.63) is 0 Å². The predicted molar refractivity (Wildman–Crippen MR) is 244 cm³/mol. The topological polar surface area (TPSA) is 149 Å². The van der Waals surface area contributed by atoms with Crippen LogP contribution in [0.25, 0.3) is 0 Å². The third kappa shape index (κ3) is 31.6. The molecule has 9 nitrogen and oxygen atoms in total. The first-order valence-electron chi connectivity index (χ1n) is 25.7. The average Bonchev–Trinajstić information content (AvgIpc) is 3.23. The van der Waals surface area contributed by atoms with E-state index in [1.165, 1.54) is 180 Å². The average molecular weight is 842 g/mol. The third-order valence-electron chi connectivity index (χ3n) is 12.7. The minimum Gasteiger partial charge on any atom is -0.394 e. The van der Waals surface area contributed by atoms with Crippen LogP contribution in [0.3, 0.4) is 0 Å². The van der Waals surface area contributed by atoms with Crippen molar-refractivity contribution in [2.75, 3.05) is 13.2 Å². The van der Waals surface area contributed by atoms with Crippen LogP contribution in [0.15, 0.2) is 0 Å². The number of hydrogen-bond donors (Lipinski definition) is 6. The summed E-state index contributed by atoms with van der Waals surface area (Å²) in [5.74, 6) is -0.154. The molecule has 0 spiro atoms. The molecular formula is C50H99NO8. The predicted octanol–water partition coefficient (Wildman–Crippen LogP) is 11.5. The van der Waals surface area contributed by atoms with Gasteiger partial charge in [0.05, 0.1) is 25.4 Å². The molecule has 1 aliphatic heterocycles. The van der Waals surface area contributed by atoms with Crippen molar-refractivity contribution in [3.63, 3.8) is 0 Å². The fraction of sp³-hybridized carbons (Fsp3) is 0.980. The van der Waals surface area contributed by atoms with Crippen LogP contribution < -0.4 is 5.32 Å². The highest BCUT2D eigenvalue weighted by atomic mass is 16.7. The highest BCUT2D eigenvalue weighted by Crippen LogP contribution is 2.23. The Morgan fingerprint density at radius 3 is 1.20 bits per heavy atom. The summed E-state index contributed by atoms with van der Waals surface area (Å²) in [5, 5.41) is 54.1. The van der Waals surface area contributed by atoms with E-state index in [4.69, 9.17) is 9.47 Å². The van der Waals surface area contributed by atoms with Crippen molar-refractivity contribution in [1.82, 2.24) is 5.32 Å². The lowest BCUT2D eigenvalue weighted by Gasteiger charge is -2.40. The number of carbonyl (C=O) groups excluding carboxylic acids is 1. The third-order valence-corrected chi connectivity index (χ3v) is 12.7. The van der Waals surface area contributed by atoms with Gasteiger partial charge >= 0.3 is 0 Å². The zero-order chi connectivity index (χ0) is 43.0. The molecule has 1 amide bonds. The number of rotatable bonds is 44. The Hall–Kier alpha value is -0.810. The van der Waals surface area contributed by atoms with Crippen molar-refractivity contribution in [1.29, 1.82) is 0 Å². The second kappa shape index (κ2) is 41.2. The van der Waals surface area contributed by atoms with E-state index in [1.54, 1.807) is 0 Å². The van der Waals surface area contributed by atoms with Gasteiger partial charge in [-0.15, -0.1) is 0 Å². The SMILES string of the molecule is CCCCCCCCCCCCCCCCCCCCCCCCCCCCCCCCCC(O)C(COC1OC(CO)C(O)C(O)C1O)NC(=O)CCCCCCC. The number of hydrogen-bond acceptors (Lipinski definition) is 8. The Kier molecular flexibility index (Phi) is 39.3. The molecule has 59 heavy (non-hydrogen) atoms. The maximum atomic E-state index is 12.8. The van der Waals surface area contributed by atoms with E-state index in [2.05, 4.69) is 19.2 Å². The summed E-state index contributed by atoms with van der Waals surface area (Å²) >= 11 is 0. The standard InChI is InChI=1S/C50H99NO8/c1-3-5-7-9-10-11-12-13-14-15-16-17-18-19-20-21-22-23-24-25-26-27-28-29-30-31-32-33-34-36-37-39-44(53)43(51-46(54)40-38-35-8-6-4-2)42-58-50-49(57)48(56)47(55)45(41-52)59-50/h43-45,47-50,52-53,55-57H,3-42H2,1-2H3,(H,51,54). The van der Waals surface area contributed by atoms with Gasteiger partial charge in [-0.3, -0.25) is 4.79 Å². The van der Waals surface area contributed by atoms with E-state index < -0.39 is 49.5 Å². The quantitative estimate of drug-likeness (QED) is 0.0332. The van der Waals surface area contributed by atoms with Crippen molar-refractivity contribution < 1.29 is 39.8 Å². The number of aliphatic hydroxyl groups excluding tert-OH is 5. The van der Waals surface area contributed by atoms with Crippen LogP contribution in [0.1, 0.15) is 258 Å².